The Hall–Kier alpha value is -0.720. The summed E-state index contributed by atoms with van der Waals surface area (Å²) in [6.07, 6.45) is 46.2. The van der Waals surface area contributed by atoms with Crippen LogP contribution >= 0.6 is 22.7 Å². The average molecular weight is 913 g/mol. The molecule has 7 fully saturated rings. The molecule has 2 saturated heterocycles. The van der Waals surface area contributed by atoms with Crippen molar-refractivity contribution in [3.8, 4) is 0 Å². The molecule has 0 spiro atoms. The zero-order chi connectivity index (χ0) is 43.8. The molecule has 0 aromatic carbocycles. The Labute approximate surface area is 402 Å². The van der Waals surface area contributed by atoms with Crippen molar-refractivity contribution in [2.45, 2.75) is 293 Å². The largest absolute Gasteiger partial charge is 0.307 e. The summed E-state index contributed by atoms with van der Waals surface area (Å²) in [6, 6.07) is 15.2. The standard InChI is InChI=1S/C59H97N3S2/c1-5-7-9-11-13-21-27-46(28-22-14-12-10-8-6-2)62-51-39-41(3)29-32-47(51)48-33-31-45(40-52(48)62)53-37-38-55(64-53)50-35-34-49(54-36-30-42(4)63-54)58-59(50)61-57(44-25-19-16-20-26-44)56(60-58)43-23-17-15-18-24-43/h30,36-38,41,43-52,56-61H,5-29,31-35,39-40H2,1-4H3. The Morgan fingerprint density at radius 2 is 1.02 bits per heavy atom. The molecule has 2 aliphatic heterocycles. The summed E-state index contributed by atoms with van der Waals surface area (Å²) in [6.45, 7) is 9.67. The van der Waals surface area contributed by atoms with Crippen LogP contribution in [0.25, 0.3) is 0 Å². The van der Waals surface area contributed by atoms with E-state index in [1.54, 1.807) is 14.6 Å². The summed E-state index contributed by atoms with van der Waals surface area (Å²) >= 11 is 4.40. The fraction of sp³-hybridized carbons (Fsp3) is 0.864. The molecule has 2 aromatic rings. The molecular weight excluding hydrogens is 815 g/mol. The van der Waals surface area contributed by atoms with Crippen LogP contribution in [0.15, 0.2) is 24.3 Å². The topological polar surface area (TPSA) is 27.3 Å². The number of hydrogen-bond donors (Lipinski definition) is 2. The normalized spacial score (nSPS) is 35.4. The Kier molecular flexibility index (Phi) is 17.9. The summed E-state index contributed by atoms with van der Waals surface area (Å²) in [5.74, 6) is 6.56. The lowest BCUT2D eigenvalue weighted by Gasteiger charge is -2.55. The van der Waals surface area contributed by atoms with Crippen molar-refractivity contribution in [3.63, 3.8) is 0 Å². The number of hydrogen-bond acceptors (Lipinski definition) is 5. The number of nitrogens with one attached hydrogen (secondary N) is 2. The SMILES string of the molecule is CCCCCCCCC(CCCCCCCC)N1C2CC(C)CCC2C2CCC(c3ccc(C4CCC(c5ccc(C)s5)C5NC(C6CCCCC6)C(C6CCCCC6)NC45)s3)CC21. The second kappa shape index (κ2) is 23.7. The minimum Gasteiger partial charge on any atom is -0.307 e. The molecule has 4 heterocycles. The van der Waals surface area contributed by atoms with Crippen molar-refractivity contribution >= 4 is 22.7 Å². The number of thiophene rings is 2. The predicted octanol–water partition coefficient (Wildman–Crippen LogP) is 16.8. The molecule has 3 nitrogen and oxygen atoms in total. The van der Waals surface area contributed by atoms with E-state index < -0.39 is 0 Å². The van der Waals surface area contributed by atoms with Gasteiger partial charge in [-0.05, 0) is 150 Å². The molecule has 0 amide bonds. The van der Waals surface area contributed by atoms with Gasteiger partial charge in [-0.15, -0.1) is 22.7 Å². The Morgan fingerprint density at radius 3 is 1.58 bits per heavy atom. The minimum absolute atomic E-state index is 0.537. The Bertz CT molecular complexity index is 1640. The minimum atomic E-state index is 0.537. The van der Waals surface area contributed by atoms with Gasteiger partial charge in [-0.25, -0.2) is 0 Å². The lowest BCUT2D eigenvalue weighted by atomic mass is 9.66. The molecule has 2 aromatic heterocycles. The lowest BCUT2D eigenvalue weighted by Crippen LogP contribution is -2.72. The third kappa shape index (κ3) is 11.3. The smallest absolute Gasteiger partial charge is 0.0307 e. The van der Waals surface area contributed by atoms with E-state index in [0.717, 1.165) is 53.6 Å². The van der Waals surface area contributed by atoms with E-state index in [2.05, 4.69) is 84.9 Å². The van der Waals surface area contributed by atoms with Gasteiger partial charge in [-0.1, -0.05) is 143 Å². The highest BCUT2D eigenvalue weighted by molar-refractivity contribution is 7.12. The molecule has 0 radical (unpaired) electrons. The number of rotatable bonds is 20. The highest BCUT2D eigenvalue weighted by atomic mass is 32.1. The first-order valence-corrected chi connectivity index (χ1v) is 30.6. The number of unbranched alkanes of at least 4 members (excludes halogenated alkanes) is 10. The van der Waals surface area contributed by atoms with Crippen LogP contribution in [0.5, 0.6) is 0 Å². The summed E-state index contributed by atoms with van der Waals surface area (Å²) in [5, 5.41) is 9.37. The molecule has 5 aliphatic carbocycles. The summed E-state index contributed by atoms with van der Waals surface area (Å²) in [5.41, 5.74) is 0. The van der Waals surface area contributed by atoms with Crippen molar-refractivity contribution in [2.75, 3.05) is 0 Å². The first-order chi connectivity index (χ1) is 31.5. The number of nitrogens with zero attached hydrogens (tertiary/aromatic N) is 1. The average Bonchev–Trinajstić information content (AvgIpc) is 4.08. The Balaban J connectivity index is 0.948. The second-order valence-corrected chi connectivity index (χ2v) is 26.3. The Morgan fingerprint density at radius 1 is 0.516 bits per heavy atom. The first-order valence-electron chi connectivity index (χ1n) is 29.0. The van der Waals surface area contributed by atoms with Gasteiger partial charge in [0.1, 0.15) is 0 Å². The van der Waals surface area contributed by atoms with E-state index in [1.807, 2.05) is 0 Å². The number of fused-ring (bicyclic) bond motifs is 4. The fourth-order valence-electron chi connectivity index (χ4n) is 16.3. The number of aryl methyl sites for hydroxylation is 1. The molecule has 2 N–H and O–H groups in total. The maximum Gasteiger partial charge on any atom is 0.0307 e. The van der Waals surface area contributed by atoms with Gasteiger partial charge in [0.25, 0.3) is 0 Å². The van der Waals surface area contributed by atoms with Gasteiger partial charge >= 0.3 is 0 Å². The van der Waals surface area contributed by atoms with Gasteiger partial charge < -0.3 is 10.6 Å². The van der Waals surface area contributed by atoms with Crippen LogP contribution in [0.4, 0.5) is 0 Å². The molecular formula is C59H97N3S2. The first kappa shape index (κ1) is 48.3. The summed E-state index contributed by atoms with van der Waals surface area (Å²) in [7, 11) is 0. The maximum absolute atomic E-state index is 4.70. The molecule has 5 heteroatoms. The van der Waals surface area contributed by atoms with Crippen LogP contribution in [-0.4, -0.2) is 47.2 Å². The van der Waals surface area contributed by atoms with Gasteiger partial charge in [0.15, 0.2) is 0 Å². The number of piperazine rings is 1. The zero-order valence-electron chi connectivity index (χ0n) is 41.9. The van der Waals surface area contributed by atoms with Gasteiger partial charge in [0.2, 0.25) is 0 Å². The van der Waals surface area contributed by atoms with Gasteiger partial charge in [0.05, 0.1) is 0 Å². The highest BCUT2D eigenvalue weighted by Gasteiger charge is 2.54. The zero-order valence-corrected chi connectivity index (χ0v) is 43.5. The maximum atomic E-state index is 4.70. The van der Waals surface area contributed by atoms with E-state index in [9.17, 15) is 0 Å². The fourth-order valence-corrected chi connectivity index (χ4v) is 18.7. The number of likely N-dealkylation sites (tertiary alicyclic amines) is 1. The van der Waals surface area contributed by atoms with Crippen LogP contribution in [0.1, 0.15) is 263 Å². The quantitative estimate of drug-likeness (QED) is 0.130. The predicted molar refractivity (Wildman–Crippen MR) is 278 cm³/mol. The summed E-state index contributed by atoms with van der Waals surface area (Å²) < 4.78 is 0. The van der Waals surface area contributed by atoms with Crippen molar-refractivity contribution in [1.29, 1.82) is 0 Å². The molecule has 360 valence electrons. The lowest BCUT2D eigenvalue weighted by molar-refractivity contribution is 0.0608. The third-order valence-corrected chi connectivity index (χ3v) is 22.1. The van der Waals surface area contributed by atoms with E-state index in [1.165, 1.54) is 210 Å². The van der Waals surface area contributed by atoms with Crippen LogP contribution in [0, 0.1) is 36.5 Å². The molecule has 7 aliphatic rings. The van der Waals surface area contributed by atoms with Gasteiger partial charge in [0, 0.05) is 73.6 Å². The van der Waals surface area contributed by atoms with E-state index in [4.69, 9.17) is 5.32 Å². The molecule has 12 unspecified atom stereocenters. The molecule has 0 bridgehead atoms. The van der Waals surface area contributed by atoms with Crippen LogP contribution < -0.4 is 10.6 Å². The van der Waals surface area contributed by atoms with Crippen molar-refractivity contribution in [3.05, 3.63) is 43.8 Å². The van der Waals surface area contributed by atoms with E-state index in [-0.39, 0.29) is 0 Å². The molecule has 5 saturated carbocycles. The van der Waals surface area contributed by atoms with Gasteiger partial charge in [-0.2, -0.15) is 0 Å². The van der Waals surface area contributed by atoms with Crippen LogP contribution in [0.3, 0.4) is 0 Å². The molecule has 9 rings (SSSR count). The van der Waals surface area contributed by atoms with E-state index in [0.29, 0.717) is 36.0 Å². The third-order valence-electron chi connectivity index (χ3n) is 19.6. The van der Waals surface area contributed by atoms with Crippen molar-refractivity contribution in [2.24, 2.45) is 29.6 Å². The van der Waals surface area contributed by atoms with Crippen molar-refractivity contribution < 1.29 is 0 Å². The highest BCUT2D eigenvalue weighted by Crippen LogP contribution is 2.56. The molecule has 64 heavy (non-hydrogen) atoms. The summed E-state index contributed by atoms with van der Waals surface area (Å²) in [4.78, 5) is 9.98. The monoisotopic (exact) mass is 912 g/mol. The van der Waals surface area contributed by atoms with E-state index >= 15 is 0 Å². The van der Waals surface area contributed by atoms with Crippen molar-refractivity contribution in [1.82, 2.24) is 15.5 Å². The molecule has 12 atom stereocenters. The van der Waals surface area contributed by atoms with Gasteiger partial charge in [-0.3, -0.25) is 4.90 Å². The second-order valence-electron chi connectivity index (χ2n) is 23.8. The van der Waals surface area contributed by atoms with Crippen LogP contribution in [-0.2, 0) is 0 Å². The van der Waals surface area contributed by atoms with Crippen LogP contribution in [0.2, 0.25) is 0 Å².